The lowest BCUT2D eigenvalue weighted by Crippen LogP contribution is -2.34. The molecule has 3 aliphatic rings. The van der Waals surface area contributed by atoms with E-state index in [9.17, 15) is 0 Å². The summed E-state index contributed by atoms with van der Waals surface area (Å²) in [5, 5.41) is 4.32. The van der Waals surface area contributed by atoms with Crippen LogP contribution in [0.1, 0.15) is 37.7 Å². The molecule has 3 fully saturated rings. The summed E-state index contributed by atoms with van der Waals surface area (Å²) in [6, 6.07) is 2.76. The smallest absolute Gasteiger partial charge is 0.152 e. The van der Waals surface area contributed by atoms with Crippen molar-refractivity contribution < 1.29 is 0 Å². The highest BCUT2D eigenvalue weighted by atomic mass is 35.5. The van der Waals surface area contributed by atoms with Crippen LogP contribution < -0.4 is 5.32 Å². The van der Waals surface area contributed by atoms with E-state index in [1.54, 1.807) is 0 Å². The largest absolute Gasteiger partial charge is 0.380 e. The summed E-state index contributed by atoms with van der Waals surface area (Å²) < 4.78 is 0. The van der Waals surface area contributed by atoms with Gasteiger partial charge in [-0.2, -0.15) is 0 Å². The van der Waals surface area contributed by atoms with Gasteiger partial charge in [-0.15, -0.1) is 0 Å². The fourth-order valence-corrected chi connectivity index (χ4v) is 5.25. The Morgan fingerprint density at radius 2 is 2.05 bits per heavy atom. The van der Waals surface area contributed by atoms with Gasteiger partial charge < -0.3 is 5.32 Å². The molecule has 5 atom stereocenters. The lowest BCUT2D eigenvalue weighted by molar-refractivity contribution is 0.243. The van der Waals surface area contributed by atoms with Crippen LogP contribution in [-0.4, -0.2) is 11.0 Å². The standard InChI is InChI=1S/C16H21ClN2/c1-9-5-15(16(17)18-8-9)19-14-7-10-6-13(14)12-4-2-3-11(10)12/h5,8,10-14,19H,2-4,6-7H2,1H3. The topological polar surface area (TPSA) is 24.9 Å². The van der Waals surface area contributed by atoms with Gasteiger partial charge >= 0.3 is 0 Å². The predicted molar refractivity (Wildman–Crippen MR) is 78.4 cm³/mol. The molecule has 0 amide bonds. The fraction of sp³-hybridized carbons (Fsp3) is 0.688. The third kappa shape index (κ3) is 1.87. The quantitative estimate of drug-likeness (QED) is 0.816. The van der Waals surface area contributed by atoms with Crippen molar-refractivity contribution in [1.29, 1.82) is 0 Å². The maximum atomic E-state index is 6.21. The second-order valence-corrected chi connectivity index (χ2v) is 7.11. The number of hydrogen-bond donors (Lipinski definition) is 1. The van der Waals surface area contributed by atoms with Gasteiger partial charge in [-0.1, -0.05) is 18.0 Å². The first-order chi connectivity index (χ1) is 9.22. The third-order valence-electron chi connectivity index (χ3n) is 5.75. The summed E-state index contributed by atoms with van der Waals surface area (Å²) in [6.07, 6.45) is 9.04. The van der Waals surface area contributed by atoms with E-state index >= 15 is 0 Å². The predicted octanol–water partition coefficient (Wildman–Crippen LogP) is 4.28. The van der Waals surface area contributed by atoms with Gasteiger partial charge in [0, 0.05) is 12.2 Å². The van der Waals surface area contributed by atoms with Crippen LogP contribution in [0.5, 0.6) is 0 Å². The summed E-state index contributed by atoms with van der Waals surface area (Å²) in [5.41, 5.74) is 2.21. The molecule has 1 N–H and O–H groups in total. The third-order valence-corrected chi connectivity index (χ3v) is 6.05. The van der Waals surface area contributed by atoms with E-state index < -0.39 is 0 Å². The Morgan fingerprint density at radius 3 is 2.95 bits per heavy atom. The van der Waals surface area contributed by atoms with Gasteiger partial charge in [0.05, 0.1) is 5.69 Å². The molecule has 3 heteroatoms. The summed E-state index contributed by atoms with van der Waals surface area (Å²) in [6.45, 7) is 2.07. The molecule has 1 aromatic heterocycles. The van der Waals surface area contributed by atoms with Crippen LogP contribution in [0, 0.1) is 30.6 Å². The summed E-state index contributed by atoms with van der Waals surface area (Å²) >= 11 is 6.21. The van der Waals surface area contributed by atoms with Crippen LogP contribution >= 0.6 is 11.6 Å². The lowest BCUT2D eigenvalue weighted by atomic mass is 9.79. The highest BCUT2D eigenvalue weighted by molar-refractivity contribution is 6.32. The second kappa shape index (κ2) is 4.37. The maximum Gasteiger partial charge on any atom is 0.152 e. The fourth-order valence-electron chi connectivity index (χ4n) is 5.09. The molecule has 5 unspecified atom stereocenters. The minimum Gasteiger partial charge on any atom is -0.380 e. The van der Waals surface area contributed by atoms with Crippen LogP contribution in [0.25, 0.3) is 0 Å². The Morgan fingerprint density at radius 1 is 1.21 bits per heavy atom. The highest BCUT2D eigenvalue weighted by Crippen LogP contribution is 2.59. The van der Waals surface area contributed by atoms with Crippen molar-refractivity contribution >= 4 is 17.3 Å². The molecule has 1 heterocycles. The normalized spacial score (nSPS) is 39.6. The number of hydrogen-bond acceptors (Lipinski definition) is 2. The number of aromatic nitrogens is 1. The summed E-state index contributed by atoms with van der Waals surface area (Å²) in [4.78, 5) is 4.25. The van der Waals surface area contributed by atoms with Gasteiger partial charge in [0.15, 0.2) is 5.15 Å². The molecule has 2 bridgehead atoms. The Bertz CT molecular complexity index is 502. The number of anilines is 1. The van der Waals surface area contributed by atoms with Crippen LogP contribution in [0.3, 0.4) is 0 Å². The van der Waals surface area contributed by atoms with Crippen molar-refractivity contribution in [2.45, 2.75) is 45.1 Å². The Kier molecular flexibility index (Phi) is 2.77. The average molecular weight is 277 g/mol. The zero-order valence-corrected chi connectivity index (χ0v) is 12.2. The molecule has 0 aromatic carbocycles. The van der Waals surface area contributed by atoms with E-state index in [4.69, 9.17) is 11.6 Å². The average Bonchev–Trinajstić information content (AvgIpc) is 3.05. The van der Waals surface area contributed by atoms with Crippen molar-refractivity contribution in [2.24, 2.45) is 23.7 Å². The van der Waals surface area contributed by atoms with Crippen molar-refractivity contribution in [1.82, 2.24) is 4.98 Å². The summed E-state index contributed by atoms with van der Waals surface area (Å²) in [7, 11) is 0. The zero-order chi connectivity index (χ0) is 13.0. The molecular weight excluding hydrogens is 256 g/mol. The molecule has 3 aliphatic carbocycles. The minimum atomic E-state index is 0.622. The minimum absolute atomic E-state index is 0.622. The molecule has 102 valence electrons. The van der Waals surface area contributed by atoms with E-state index in [1.165, 1.54) is 37.7 Å². The van der Waals surface area contributed by atoms with E-state index in [0.29, 0.717) is 11.2 Å². The molecule has 3 saturated carbocycles. The molecule has 0 saturated heterocycles. The van der Waals surface area contributed by atoms with Crippen LogP contribution in [0.2, 0.25) is 5.15 Å². The number of aryl methyl sites for hydroxylation is 1. The van der Waals surface area contributed by atoms with Gasteiger partial charge in [-0.05, 0) is 67.9 Å². The molecule has 0 radical (unpaired) electrons. The molecule has 0 spiro atoms. The van der Waals surface area contributed by atoms with Crippen molar-refractivity contribution in [2.75, 3.05) is 5.32 Å². The van der Waals surface area contributed by atoms with E-state index in [-0.39, 0.29) is 0 Å². The Hall–Kier alpha value is -0.760. The first-order valence-corrected chi connectivity index (χ1v) is 7.99. The van der Waals surface area contributed by atoms with E-state index in [0.717, 1.165) is 29.4 Å². The Labute approximate surface area is 120 Å². The number of halogens is 1. The molecule has 0 aliphatic heterocycles. The zero-order valence-electron chi connectivity index (χ0n) is 11.4. The maximum absolute atomic E-state index is 6.21. The van der Waals surface area contributed by atoms with Gasteiger partial charge in [-0.25, -0.2) is 4.98 Å². The summed E-state index contributed by atoms with van der Waals surface area (Å²) in [5.74, 6) is 3.91. The molecule has 4 rings (SSSR count). The van der Waals surface area contributed by atoms with Crippen molar-refractivity contribution in [3.05, 3.63) is 23.0 Å². The highest BCUT2D eigenvalue weighted by Gasteiger charge is 2.53. The second-order valence-electron chi connectivity index (χ2n) is 6.76. The number of rotatable bonds is 2. The first kappa shape index (κ1) is 12.0. The van der Waals surface area contributed by atoms with Crippen molar-refractivity contribution in [3.8, 4) is 0 Å². The molecule has 2 nitrogen and oxygen atoms in total. The van der Waals surface area contributed by atoms with Crippen LogP contribution in [0.4, 0.5) is 5.69 Å². The van der Waals surface area contributed by atoms with Crippen molar-refractivity contribution in [3.63, 3.8) is 0 Å². The first-order valence-electron chi connectivity index (χ1n) is 7.61. The number of nitrogens with one attached hydrogen (secondary N) is 1. The SMILES string of the molecule is Cc1cnc(Cl)c(NC2CC3CC2C2CCCC32)c1. The van der Waals surface area contributed by atoms with Gasteiger partial charge in [0.1, 0.15) is 0 Å². The van der Waals surface area contributed by atoms with E-state index in [2.05, 4.69) is 23.3 Å². The van der Waals surface area contributed by atoms with Gasteiger partial charge in [0.2, 0.25) is 0 Å². The van der Waals surface area contributed by atoms with Gasteiger partial charge in [-0.3, -0.25) is 0 Å². The number of nitrogens with zero attached hydrogens (tertiary/aromatic N) is 1. The Balaban J connectivity index is 1.54. The van der Waals surface area contributed by atoms with Crippen LogP contribution in [0.15, 0.2) is 12.3 Å². The molecular formula is C16H21ClN2. The molecule has 1 aromatic rings. The van der Waals surface area contributed by atoms with E-state index in [1.807, 2.05) is 6.20 Å². The monoisotopic (exact) mass is 276 g/mol. The van der Waals surface area contributed by atoms with Crippen LogP contribution in [-0.2, 0) is 0 Å². The lowest BCUT2D eigenvalue weighted by Gasteiger charge is -2.32. The number of fused-ring (bicyclic) bond motifs is 5. The molecule has 19 heavy (non-hydrogen) atoms. The number of pyridine rings is 1. The van der Waals surface area contributed by atoms with Gasteiger partial charge in [0.25, 0.3) is 0 Å².